The minimum atomic E-state index is -0.135. The summed E-state index contributed by atoms with van der Waals surface area (Å²) in [7, 11) is 5.14. The molecule has 2 heterocycles. The number of ether oxygens (including phenoxy) is 1. The molecule has 26 heavy (non-hydrogen) atoms. The summed E-state index contributed by atoms with van der Waals surface area (Å²) in [5, 5.41) is 4.20. The summed E-state index contributed by atoms with van der Waals surface area (Å²) in [6.07, 6.45) is 0.886. The fourth-order valence-corrected chi connectivity index (χ4v) is 3.67. The molecule has 2 aromatic heterocycles. The topological polar surface area (TPSA) is 78.2 Å². The van der Waals surface area contributed by atoms with Crippen molar-refractivity contribution >= 4 is 39.6 Å². The lowest BCUT2D eigenvalue weighted by molar-refractivity contribution is -0.118. The number of nitrogens with zero attached hydrogens (tertiary/aromatic N) is 3. The van der Waals surface area contributed by atoms with Crippen LogP contribution in [-0.4, -0.2) is 39.4 Å². The highest BCUT2D eigenvalue weighted by Gasteiger charge is 2.18. The Kier molecular flexibility index (Phi) is 5.22. The van der Waals surface area contributed by atoms with Gasteiger partial charge in [0.25, 0.3) is 5.56 Å². The van der Waals surface area contributed by atoms with E-state index in [1.54, 1.807) is 14.2 Å². The van der Waals surface area contributed by atoms with Crippen LogP contribution >= 0.6 is 11.8 Å². The number of hydrogen-bond acceptors (Lipinski definition) is 5. The SMILES string of the molecule is CCCNC(=O)CSc1nc2c3cc(OC)ccc3n(C)c2c(=O)n1C. The van der Waals surface area contributed by atoms with Crippen molar-refractivity contribution in [2.24, 2.45) is 14.1 Å². The smallest absolute Gasteiger partial charge is 0.278 e. The largest absolute Gasteiger partial charge is 0.497 e. The molecule has 0 atom stereocenters. The summed E-state index contributed by atoms with van der Waals surface area (Å²) >= 11 is 1.26. The Morgan fingerprint density at radius 2 is 2.08 bits per heavy atom. The second-order valence-electron chi connectivity index (χ2n) is 6.04. The molecule has 0 radical (unpaired) electrons. The normalized spacial score (nSPS) is 11.2. The zero-order valence-electron chi connectivity index (χ0n) is 15.3. The molecule has 0 aliphatic heterocycles. The summed E-state index contributed by atoms with van der Waals surface area (Å²) < 4.78 is 8.65. The number of aryl methyl sites for hydroxylation is 1. The Morgan fingerprint density at radius 1 is 1.31 bits per heavy atom. The minimum absolute atomic E-state index is 0.0641. The average Bonchev–Trinajstić information content (AvgIpc) is 2.93. The lowest BCUT2D eigenvalue weighted by Crippen LogP contribution is -2.27. The monoisotopic (exact) mass is 374 g/mol. The van der Waals surface area contributed by atoms with Gasteiger partial charge in [-0.1, -0.05) is 18.7 Å². The molecule has 0 bridgehead atoms. The lowest BCUT2D eigenvalue weighted by atomic mass is 10.2. The van der Waals surface area contributed by atoms with Gasteiger partial charge in [-0.15, -0.1) is 0 Å². The fraction of sp³-hybridized carbons (Fsp3) is 0.389. The van der Waals surface area contributed by atoms with Crippen LogP contribution in [0.3, 0.4) is 0 Å². The van der Waals surface area contributed by atoms with Crippen molar-refractivity contribution in [1.82, 2.24) is 19.4 Å². The third-order valence-electron chi connectivity index (χ3n) is 4.29. The first-order valence-corrected chi connectivity index (χ1v) is 9.39. The third kappa shape index (κ3) is 3.16. The standard InChI is InChI=1S/C18H22N4O3S/c1-5-8-19-14(23)10-26-18-20-15-12-9-11(25-4)6-7-13(12)21(2)16(15)17(24)22(18)3/h6-7,9H,5,8,10H2,1-4H3,(H,19,23). The maximum Gasteiger partial charge on any atom is 0.278 e. The zero-order chi connectivity index (χ0) is 18.8. The number of amides is 1. The highest BCUT2D eigenvalue weighted by Crippen LogP contribution is 2.29. The van der Waals surface area contributed by atoms with Crippen LogP contribution in [-0.2, 0) is 18.9 Å². The van der Waals surface area contributed by atoms with Crippen molar-refractivity contribution in [2.45, 2.75) is 18.5 Å². The zero-order valence-corrected chi connectivity index (χ0v) is 16.1. The number of rotatable bonds is 6. The summed E-state index contributed by atoms with van der Waals surface area (Å²) in [6, 6.07) is 5.66. The first kappa shape index (κ1) is 18.3. The molecule has 3 aromatic rings. The molecule has 0 saturated carbocycles. The van der Waals surface area contributed by atoms with Gasteiger partial charge in [-0.3, -0.25) is 14.2 Å². The van der Waals surface area contributed by atoms with Crippen LogP contribution in [0, 0.1) is 0 Å². The summed E-state index contributed by atoms with van der Waals surface area (Å²) in [5.74, 6) is 0.867. The van der Waals surface area contributed by atoms with E-state index in [9.17, 15) is 9.59 Å². The Hall–Kier alpha value is -2.48. The van der Waals surface area contributed by atoms with Crippen LogP contribution in [0.2, 0.25) is 0 Å². The van der Waals surface area contributed by atoms with Crippen molar-refractivity contribution in [3.05, 3.63) is 28.6 Å². The molecule has 1 aromatic carbocycles. The van der Waals surface area contributed by atoms with E-state index in [1.165, 1.54) is 16.3 Å². The van der Waals surface area contributed by atoms with Gasteiger partial charge in [0.05, 0.1) is 18.4 Å². The molecule has 1 amide bonds. The molecule has 8 heteroatoms. The first-order chi connectivity index (χ1) is 12.5. The summed E-state index contributed by atoms with van der Waals surface area (Å²) in [6.45, 7) is 2.65. The Balaban J connectivity index is 2.08. The van der Waals surface area contributed by atoms with Crippen LogP contribution in [0.1, 0.15) is 13.3 Å². The van der Waals surface area contributed by atoms with Crippen molar-refractivity contribution < 1.29 is 9.53 Å². The van der Waals surface area contributed by atoms with Gasteiger partial charge >= 0.3 is 0 Å². The van der Waals surface area contributed by atoms with Crippen molar-refractivity contribution in [1.29, 1.82) is 0 Å². The summed E-state index contributed by atoms with van der Waals surface area (Å²) in [4.78, 5) is 29.4. The van der Waals surface area contributed by atoms with Gasteiger partial charge in [0.15, 0.2) is 5.16 Å². The quantitative estimate of drug-likeness (QED) is 0.528. The highest BCUT2D eigenvalue weighted by atomic mass is 32.2. The molecule has 0 aliphatic carbocycles. The number of thioether (sulfide) groups is 1. The Morgan fingerprint density at radius 3 is 2.77 bits per heavy atom. The van der Waals surface area contributed by atoms with E-state index in [1.807, 2.05) is 36.7 Å². The Bertz CT molecular complexity index is 1040. The number of aromatic nitrogens is 3. The van der Waals surface area contributed by atoms with E-state index in [0.717, 1.165) is 17.3 Å². The third-order valence-corrected chi connectivity index (χ3v) is 5.32. The second-order valence-corrected chi connectivity index (χ2v) is 6.98. The molecule has 0 aliphatic rings. The van der Waals surface area contributed by atoms with Crippen LogP contribution < -0.4 is 15.6 Å². The van der Waals surface area contributed by atoms with Crippen LogP contribution in [0.4, 0.5) is 0 Å². The second kappa shape index (κ2) is 7.41. The van der Waals surface area contributed by atoms with Crippen LogP contribution in [0.15, 0.2) is 28.2 Å². The number of nitrogens with one attached hydrogen (secondary N) is 1. The van der Waals surface area contributed by atoms with Crippen molar-refractivity contribution in [3.63, 3.8) is 0 Å². The van der Waals surface area contributed by atoms with Crippen molar-refractivity contribution in [3.8, 4) is 5.75 Å². The van der Waals surface area contributed by atoms with E-state index in [2.05, 4.69) is 10.3 Å². The predicted octanol–water partition coefficient (Wildman–Crippen LogP) is 2.05. The minimum Gasteiger partial charge on any atom is -0.497 e. The van der Waals surface area contributed by atoms with Gasteiger partial charge in [-0.25, -0.2) is 4.98 Å². The molecule has 3 rings (SSSR count). The van der Waals surface area contributed by atoms with E-state index in [0.29, 0.717) is 28.5 Å². The molecule has 7 nitrogen and oxygen atoms in total. The number of carbonyl (C=O) groups excluding carboxylic acids is 1. The lowest BCUT2D eigenvalue weighted by Gasteiger charge is -2.08. The summed E-state index contributed by atoms with van der Waals surface area (Å²) in [5.41, 5.74) is 1.94. The highest BCUT2D eigenvalue weighted by molar-refractivity contribution is 7.99. The number of carbonyl (C=O) groups is 1. The van der Waals surface area contributed by atoms with Crippen LogP contribution in [0.5, 0.6) is 5.75 Å². The molecular weight excluding hydrogens is 352 g/mol. The average molecular weight is 374 g/mol. The molecule has 0 saturated heterocycles. The van der Waals surface area contributed by atoms with E-state index in [-0.39, 0.29) is 17.2 Å². The van der Waals surface area contributed by atoms with Crippen molar-refractivity contribution in [2.75, 3.05) is 19.4 Å². The van der Waals surface area contributed by atoms with Gasteiger partial charge < -0.3 is 14.6 Å². The van der Waals surface area contributed by atoms with E-state index < -0.39 is 0 Å². The van der Waals surface area contributed by atoms with E-state index >= 15 is 0 Å². The molecule has 0 fully saturated rings. The number of fused-ring (bicyclic) bond motifs is 3. The molecular formula is C18H22N4O3S. The fourth-order valence-electron chi connectivity index (χ4n) is 2.88. The van der Waals surface area contributed by atoms with Gasteiger partial charge in [0.1, 0.15) is 16.8 Å². The molecule has 0 spiro atoms. The molecule has 0 unspecified atom stereocenters. The van der Waals surface area contributed by atoms with Gasteiger partial charge in [-0.05, 0) is 24.6 Å². The predicted molar refractivity (Wildman–Crippen MR) is 104 cm³/mol. The number of methoxy groups -OCH3 is 1. The number of benzene rings is 1. The maximum absolute atomic E-state index is 12.9. The molecule has 138 valence electrons. The van der Waals surface area contributed by atoms with E-state index in [4.69, 9.17) is 4.74 Å². The maximum atomic E-state index is 12.9. The Labute approximate surface area is 155 Å². The van der Waals surface area contributed by atoms with Gasteiger partial charge in [0.2, 0.25) is 5.91 Å². The number of hydrogen-bond donors (Lipinski definition) is 1. The first-order valence-electron chi connectivity index (χ1n) is 8.40. The van der Waals surface area contributed by atoms with Gasteiger partial charge in [0, 0.05) is 26.0 Å². The molecule has 1 N–H and O–H groups in total. The van der Waals surface area contributed by atoms with Crippen LogP contribution in [0.25, 0.3) is 21.9 Å². The van der Waals surface area contributed by atoms with Gasteiger partial charge in [-0.2, -0.15) is 0 Å².